The van der Waals surface area contributed by atoms with Gasteiger partial charge in [-0.05, 0) is 43.9 Å². The summed E-state index contributed by atoms with van der Waals surface area (Å²) < 4.78 is 29.4. The van der Waals surface area contributed by atoms with Gasteiger partial charge in [0.2, 0.25) is 0 Å². The van der Waals surface area contributed by atoms with Gasteiger partial charge in [0, 0.05) is 0 Å². The zero-order valence-corrected chi connectivity index (χ0v) is 12.8. The zero-order valence-electron chi connectivity index (χ0n) is 11.9. The van der Waals surface area contributed by atoms with Gasteiger partial charge >= 0.3 is 0 Å². The molecular formula is C14H22O3S. The molecule has 0 aromatic heterocycles. The molecule has 1 aromatic carbocycles. The minimum atomic E-state index is -3.70. The van der Waals surface area contributed by atoms with Crippen LogP contribution in [-0.4, -0.2) is 14.0 Å². The van der Waals surface area contributed by atoms with Gasteiger partial charge in [0.1, 0.15) is 0 Å². The molecule has 0 spiro atoms. The normalized spacial score (nSPS) is 13.7. The fraction of sp³-hybridized carbons (Fsp3) is 0.571. The lowest BCUT2D eigenvalue weighted by atomic mass is 9.87. The number of hydrogen-bond donors (Lipinski definition) is 0. The molecule has 4 heteroatoms. The smallest absolute Gasteiger partial charge is 0.261 e. The van der Waals surface area contributed by atoms with E-state index >= 15 is 0 Å². The van der Waals surface area contributed by atoms with Crippen molar-refractivity contribution in [2.24, 2.45) is 0 Å². The summed E-state index contributed by atoms with van der Waals surface area (Å²) in [5, 5.41) is 0. The van der Waals surface area contributed by atoms with Crippen LogP contribution in [-0.2, 0) is 19.7 Å². The van der Waals surface area contributed by atoms with E-state index in [0.29, 0.717) is 0 Å². The molecule has 0 atom stereocenters. The molecule has 0 fully saturated rings. The average Bonchev–Trinajstić information content (AvgIpc) is 2.13. The van der Waals surface area contributed by atoms with Crippen molar-refractivity contribution in [2.45, 2.75) is 57.5 Å². The van der Waals surface area contributed by atoms with Crippen LogP contribution in [0.5, 0.6) is 0 Å². The third-order valence-electron chi connectivity index (χ3n) is 2.35. The molecule has 1 rings (SSSR count). The van der Waals surface area contributed by atoms with Crippen LogP contribution in [0, 0.1) is 0 Å². The van der Waals surface area contributed by atoms with Crippen molar-refractivity contribution in [3.63, 3.8) is 0 Å². The lowest BCUT2D eigenvalue weighted by Gasteiger charge is -2.22. The van der Waals surface area contributed by atoms with Gasteiger partial charge in [0.15, 0.2) is 0 Å². The van der Waals surface area contributed by atoms with Crippen molar-refractivity contribution < 1.29 is 12.6 Å². The monoisotopic (exact) mass is 270 g/mol. The third-order valence-corrected chi connectivity index (χ3v) is 3.90. The Morgan fingerprint density at radius 3 is 2.00 bits per heavy atom. The van der Waals surface area contributed by atoms with Crippen molar-refractivity contribution in [1.29, 1.82) is 0 Å². The topological polar surface area (TPSA) is 43.4 Å². The van der Waals surface area contributed by atoms with Crippen LogP contribution in [0.1, 0.15) is 47.1 Å². The highest BCUT2D eigenvalue weighted by Gasteiger charge is 2.25. The molecule has 0 radical (unpaired) electrons. The zero-order chi connectivity index (χ0) is 14.2. The molecule has 0 N–H and O–H groups in total. The van der Waals surface area contributed by atoms with E-state index in [1.165, 1.54) is 0 Å². The molecule has 0 saturated carbocycles. The van der Waals surface area contributed by atoms with Crippen molar-refractivity contribution in [3.8, 4) is 0 Å². The SMILES string of the molecule is CC(C)(C)OS(=O)(=O)c1cccc(C(C)(C)C)c1. The predicted molar refractivity (Wildman–Crippen MR) is 73.2 cm³/mol. The Morgan fingerprint density at radius 2 is 1.56 bits per heavy atom. The van der Waals surface area contributed by atoms with E-state index in [9.17, 15) is 8.42 Å². The Morgan fingerprint density at radius 1 is 1.00 bits per heavy atom. The van der Waals surface area contributed by atoms with Gasteiger partial charge in [-0.15, -0.1) is 0 Å². The van der Waals surface area contributed by atoms with Crippen LogP contribution in [0.15, 0.2) is 29.2 Å². The van der Waals surface area contributed by atoms with Gasteiger partial charge in [0.25, 0.3) is 10.1 Å². The fourth-order valence-corrected chi connectivity index (χ4v) is 2.77. The van der Waals surface area contributed by atoms with Gasteiger partial charge in [-0.3, -0.25) is 4.18 Å². The summed E-state index contributed by atoms with van der Waals surface area (Å²) in [4.78, 5) is 0.213. The highest BCUT2D eigenvalue weighted by atomic mass is 32.2. The van der Waals surface area contributed by atoms with Crippen molar-refractivity contribution in [1.82, 2.24) is 0 Å². The van der Waals surface area contributed by atoms with Gasteiger partial charge in [-0.2, -0.15) is 8.42 Å². The third kappa shape index (κ3) is 4.10. The molecule has 18 heavy (non-hydrogen) atoms. The summed E-state index contributed by atoms with van der Waals surface area (Å²) in [5.41, 5.74) is 0.158. The van der Waals surface area contributed by atoms with E-state index in [2.05, 4.69) is 0 Å². The first-order chi connectivity index (χ1) is 7.92. The van der Waals surface area contributed by atoms with E-state index in [1.54, 1.807) is 39.0 Å². The minimum absolute atomic E-state index is 0.0900. The maximum absolute atomic E-state index is 12.1. The Kier molecular flexibility index (Phi) is 3.94. The van der Waals surface area contributed by atoms with Gasteiger partial charge in [0.05, 0.1) is 10.5 Å². The summed E-state index contributed by atoms with van der Waals surface area (Å²) in [6, 6.07) is 6.92. The molecule has 1 aromatic rings. The van der Waals surface area contributed by atoms with Crippen molar-refractivity contribution >= 4 is 10.1 Å². The lowest BCUT2D eigenvalue weighted by molar-refractivity contribution is 0.139. The first-order valence-electron chi connectivity index (χ1n) is 5.98. The molecule has 3 nitrogen and oxygen atoms in total. The second-order valence-electron chi connectivity index (χ2n) is 6.43. The lowest BCUT2D eigenvalue weighted by Crippen LogP contribution is -2.24. The molecular weight excluding hydrogens is 248 g/mol. The maximum Gasteiger partial charge on any atom is 0.297 e. The molecule has 0 bridgehead atoms. The molecule has 0 heterocycles. The Bertz CT molecular complexity index is 517. The van der Waals surface area contributed by atoms with E-state index in [-0.39, 0.29) is 10.3 Å². The molecule has 0 amide bonds. The molecule has 0 aliphatic carbocycles. The van der Waals surface area contributed by atoms with E-state index in [0.717, 1.165) is 5.56 Å². The van der Waals surface area contributed by atoms with E-state index in [1.807, 2.05) is 26.8 Å². The average molecular weight is 270 g/mol. The van der Waals surface area contributed by atoms with Gasteiger partial charge in [-0.25, -0.2) is 0 Å². The van der Waals surface area contributed by atoms with E-state index in [4.69, 9.17) is 4.18 Å². The number of benzene rings is 1. The van der Waals surface area contributed by atoms with Crippen molar-refractivity contribution in [2.75, 3.05) is 0 Å². The second kappa shape index (κ2) is 4.67. The first kappa shape index (κ1) is 15.2. The van der Waals surface area contributed by atoms with Crippen LogP contribution in [0.25, 0.3) is 0 Å². The summed E-state index contributed by atoms with van der Waals surface area (Å²) in [6.45, 7) is 11.3. The highest BCUT2D eigenvalue weighted by Crippen LogP contribution is 2.26. The molecule has 102 valence electrons. The largest absolute Gasteiger partial charge is 0.297 e. The van der Waals surface area contributed by atoms with Crippen LogP contribution in [0.2, 0.25) is 0 Å². The summed E-state index contributed by atoms with van der Waals surface area (Å²) >= 11 is 0. The van der Waals surface area contributed by atoms with Crippen LogP contribution in [0.4, 0.5) is 0 Å². The Labute approximate surface area is 110 Å². The van der Waals surface area contributed by atoms with E-state index < -0.39 is 15.7 Å². The maximum atomic E-state index is 12.1. The second-order valence-corrected chi connectivity index (χ2v) is 7.97. The van der Waals surface area contributed by atoms with Crippen LogP contribution >= 0.6 is 0 Å². The Balaban J connectivity index is 3.19. The summed E-state index contributed by atoms with van der Waals surface area (Å²) in [7, 11) is -3.70. The van der Waals surface area contributed by atoms with Gasteiger partial charge in [-0.1, -0.05) is 32.9 Å². The predicted octanol–water partition coefficient (Wildman–Crippen LogP) is 3.49. The molecule has 0 aliphatic rings. The van der Waals surface area contributed by atoms with Crippen LogP contribution in [0.3, 0.4) is 0 Å². The summed E-state index contributed by atoms with van der Waals surface area (Å²) in [6.07, 6.45) is 0. The minimum Gasteiger partial charge on any atom is -0.261 e. The molecule has 0 unspecified atom stereocenters. The quantitative estimate of drug-likeness (QED) is 0.773. The molecule has 0 saturated heterocycles. The fourth-order valence-electron chi connectivity index (χ4n) is 1.50. The first-order valence-corrected chi connectivity index (χ1v) is 7.39. The summed E-state index contributed by atoms with van der Waals surface area (Å²) in [5.74, 6) is 0. The molecule has 0 aliphatic heterocycles. The highest BCUT2D eigenvalue weighted by molar-refractivity contribution is 7.86. The number of rotatable bonds is 2. The number of hydrogen-bond acceptors (Lipinski definition) is 3. The van der Waals surface area contributed by atoms with Gasteiger partial charge < -0.3 is 0 Å². The van der Waals surface area contributed by atoms with Crippen molar-refractivity contribution in [3.05, 3.63) is 29.8 Å². The van der Waals surface area contributed by atoms with Crippen LogP contribution < -0.4 is 0 Å². The Hall–Kier alpha value is -0.870. The standard InChI is InChI=1S/C14H22O3S/c1-13(2,3)11-8-7-9-12(10-11)18(15,16)17-14(4,5)6/h7-10H,1-6H3.